The summed E-state index contributed by atoms with van der Waals surface area (Å²) in [6.45, 7) is 0. The third-order valence-corrected chi connectivity index (χ3v) is 4.39. The van der Waals surface area contributed by atoms with Crippen molar-refractivity contribution < 1.29 is 32.5 Å². The lowest BCUT2D eigenvalue weighted by Gasteiger charge is -2.08. The maximum absolute atomic E-state index is 13.5. The fourth-order valence-corrected chi connectivity index (χ4v) is 3.09. The van der Waals surface area contributed by atoms with Gasteiger partial charge in [0.2, 0.25) is 5.13 Å². The second-order valence-electron chi connectivity index (χ2n) is 5.21. The van der Waals surface area contributed by atoms with E-state index in [0.29, 0.717) is 16.0 Å². The number of thiazole rings is 1. The molecule has 0 saturated carbocycles. The maximum Gasteiger partial charge on any atom is 0.433 e. The van der Waals surface area contributed by atoms with Crippen molar-refractivity contribution in [3.05, 3.63) is 41.0 Å². The number of carbonyl (C=O) groups is 1. The number of methoxy groups -OCH3 is 2. The molecule has 0 radical (unpaired) electrons. The number of rotatable bonds is 5. The molecule has 27 heavy (non-hydrogen) atoms. The Hall–Kier alpha value is -3.08. The van der Waals surface area contributed by atoms with Gasteiger partial charge in [-0.3, -0.25) is 0 Å². The molecule has 0 fully saturated rings. The number of aromatic carboxylic acids is 1. The molecule has 0 spiro atoms. The average Bonchev–Trinajstić information content (AvgIpc) is 3.27. The van der Waals surface area contributed by atoms with Crippen molar-refractivity contribution in [3.8, 4) is 27.9 Å². The number of hydrogen-bond acceptors (Lipinski definition) is 6. The van der Waals surface area contributed by atoms with Crippen LogP contribution in [0, 0.1) is 0 Å². The van der Waals surface area contributed by atoms with Crippen molar-refractivity contribution in [2.45, 2.75) is 6.18 Å². The summed E-state index contributed by atoms with van der Waals surface area (Å²) in [6.07, 6.45) is -4.72. The van der Waals surface area contributed by atoms with Gasteiger partial charge >= 0.3 is 12.1 Å². The van der Waals surface area contributed by atoms with Crippen LogP contribution in [0.2, 0.25) is 0 Å². The summed E-state index contributed by atoms with van der Waals surface area (Å²) >= 11 is 0.743. The summed E-state index contributed by atoms with van der Waals surface area (Å²) in [5, 5.41) is 13.9. The Morgan fingerprint density at radius 3 is 2.52 bits per heavy atom. The lowest BCUT2D eigenvalue weighted by atomic mass is 10.1. The first-order chi connectivity index (χ1) is 12.7. The van der Waals surface area contributed by atoms with Gasteiger partial charge in [-0.15, -0.1) is 11.3 Å². The fraction of sp³-hybridized carbons (Fsp3) is 0.188. The second kappa shape index (κ2) is 6.91. The predicted molar refractivity (Wildman–Crippen MR) is 89.7 cm³/mol. The average molecular weight is 399 g/mol. The van der Waals surface area contributed by atoms with E-state index in [1.165, 1.54) is 26.4 Å². The molecule has 0 saturated heterocycles. The van der Waals surface area contributed by atoms with Gasteiger partial charge in [0.1, 0.15) is 11.5 Å². The van der Waals surface area contributed by atoms with E-state index in [9.17, 15) is 18.0 Å². The zero-order valence-electron chi connectivity index (χ0n) is 13.9. The normalized spacial score (nSPS) is 11.4. The van der Waals surface area contributed by atoms with E-state index in [4.69, 9.17) is 14.6 Å². The quantitative estimate of drug-likeness (QED) is 0.704. The van der Waals surface area contributed by atoms with Crippen molar-refractivity contribution in [3.63, 3.8) is 0 Å². The van der Waals surface area contributed by atoms with E-state index >= 15 is 0 Å². The highest BCUT2D eigenvalue weighted by Gasteiger charge is 2.37. The minimum absolute atomic E-state index is 0.00565. The van der Waals surface area contributed by atoms with E-state index in [1.54, 1.807) is 6.07 Å². The van der Waals surface area contributed by atoms with Gasteiger partial charge in [0.05, 0.1) is 19.9 Å². The zero-order valence-corrected chi connectivity index (χ0v) is 14.8. The molecule has 0 unspecified atom stereocenters. The van der Waals surface area contributed by atoms with Crippen LogP contribution in [0.5, 0.6) is 11.5 Å². The number of hydrogen-bond donors (Lipinski definition) is 1. The van der Waals surface area contributed by atoms with Gasteiger partial charge in [0, 0.05) is 17.0 Å². The Kier molecular flexibility index (Phi) is 4.79. The van der Waals surface area contributed by atoms with Gasteiger partial charge in [-0.1, -0.05) is 0 Å². The first kappa shape index (κ1) is 18.7. The topological polar surface area (TPSA) is 86.5 Å². The lowest BCUT2D eigenvalue weighted by Crippen LogP contribution is -2.13. The molecule has 2 heterocycles. The molecule has 7 nitrogen and oxygen atoms in total. The van der Waals surface area contributed by atoms with Crippen LogP contribution >= 0.6 is 11.3 Å². The van der Waals surface area contributed by atoms with Crippen molar-refractivity contribution in [2.75, 3.05) is 14.2 Å². The van der Waals surface area contributed by atoms with Crippen molar-refractivity contribution in [1.82, 2.24) is 14.8 Å². The number of ether oxygens (including phenoxy) is 2. The van der Waals surface area contributed by atoms with Crippen LogP contribution in [0.3, 0.4) is 0 Å². The van der Waals surface area contributed by atoms with Crippen LogP contribution in [-0.4, -0.2) is 40.1 Å². The summed E-state index contributed by atoms with van der Waals surface area (Å²) in [5.41, 5.74) is -1.13. The number of halogens is 3. The predicted octanol–water partition coefficient (Wildman–Crippen LogP) is 3.73. The molecule has 2 aromatic heterocycles. The summed E-state index contributed by atoms with van der Waals surface area (Å²) in [7, 11) is 2.83. The molecule has 0 atom stereocenters. The Labute approximate surface area is 154 Å². The zero-order chi connectivity index (χ0) is 19.8. The van der Waals surface area contributed by atoms with Crippen LogP contribution in [0.4, 0.5) is 13.2 Å². The van der Waals surface area contributed by atoms with Crippen molar-refractivity contribution in [2.24, 2.45) is 0 Å². The van der Waals surface area contributed by atoms with Gasteiger partial charge in [-0.25, -0.2) is 14.5 Å². The van der Waals surface area contributed by atoms with Crippen molar-refractivity contribution >= 4 is 17.3 Å². The summed E-state index contributed by atoms with van der Waals surface area (Å²) in [5.74, 6) is -0.592. The van der Waals surface area contributed by atoms with Gasteiger partial charge < -0.3 is 14.6 Å². The molecule has 0 amide bonds. The molecule has 0 aliphatic carbocycles. The molecule has 142 valence electrons. The van der Waals surface area contributed by atoms with Gasteiger partial charge in [0.25, 0.3) is 0 Å². The second-order valence-corrected chi connectivity index (χ2v) is 6.05. The summed E-state index contributed by atoms with van der Waals surface area (Å²) < 4.78 is 51.3. The molecule has 0 aliphatic rings. The maximum atomic E-state index is 13.5. The first-order valence-electron chi connectivity index (χ1n) is 7.33. The van der Waals surface area contributed by atoms with Gasteiger partial charge in [0.15, 0.2) is 11.4 Å². The Balaban J connectivity index is 2.16. The number of benzene rings is 1. The third kappa shape index (κ3) is 3.58. The van der Waals surface area contributed by atoms with E-state index in [0.717, 1.165) is 22.8 Å². The summed E-state index contributed by atoms with van der Waals surface area (Å²) in [6, 6.07) is 5.46. The Bertz CT molecular complexity index is 997. The Morgan fingerprint density at radius 2 is 1.96 bits per heavy atom. The SMILES string of the molecule is COc1ccc(-c2cc(C(F)(F)F)n(-c3nc(C(=O)O)cs3)n2)c(OC)c1. The highest BCUT2D eigenvalue weighted by molar-refractivity contribution is 7.12. The number of alkyl halides is 3. The molecule has 1 N–H and O–H groups in total. The molecule has 0 aliphatic heterocycles. The smallest absolute Gasteiger partial charge is 0.433 e. The van der Waals surface area contributed by atoms with Gasteiger partial charge in [-0.05, 0) is 18.2 Å². The van der Waals surface area contributed by atoms with Crippen LogP contribution < -0.4 is 9.47 Å². The molecular weight excluding hydrogens is 387 g/mol. The minimum atomic E-state index is -4.72. The third-order valence-electron chi connectivity index (χ3n) is 3.58. The Morgan fingerprint density at radius 1 is 1.22 bits per heavy atom. The monoisotopic (exact) mass is 399 g/mol. The van der Waals surface area contributed by atoms with E-state index in [2.05, 4.69) is 10.1 Å². The minimum Gasteiger partial charge on any atom is -0.497 e. The number of aromatic nitrogens is 3. The van der Waals surface area contributed by atoms with Crippen LogP contribution in [0.25, 0.3) is 16.4 Å². The molecule has 3 aromatic rings. The van der Waals surface area contributed by atoms with Crippen LogP contribution in [0.15, 0.2) is 29.6 Å². The van der Waals surface area contributed by atoms with Gasteiger partial charge in [-0.2, -0.15) is 18.3 Å². The number of carboxylic acid groups (broad SMARTS) is 1. The molecule has 3 rings (SSSR count). The molecule has 1 aromatic carbocycles. The lowest BCUT2D eigenvalue weighted by molar-refractivity contribution is -0.142. The van der Waals surface area contributed by atoms with Crippen LogP contribution in [0.1, 0.15) is 16.2 Å². The largest absolute Gasteiger partial charge is 0.497 e. The first-order valence-corrected chi connectivity index (χ1v) is 8.21. The van der Waals surface area contributed by atoms with E-state index < -0.39 is 17.8 Å². The highest BCUT2D eigenvalue weighted by Crippen LogP contribution is 2.38. The van der Waals surface area contributed by atoms with Crippen molar-refractivity contribution in [1.29, 1.82) is 0 Å². The standard InChI is InChI=1S/C16H12F3N3O4S/c1-25-8-3-4-9(12(5-8)26-2)10-6-13(16(17,18)19)22(21-10)15-20-11(7-27-15)14(23)24/h3-7H,1-2H3,(H,23,24). The van der Waals surface area contributed by atoms with Crippen LogP contribution in [-0.2, 0) is 6.18 Å². The number of nitrogens with zero attached hydrogens (tertiary/aromatic N) is 3. The number of carboxylic acids is 1. The van der Waals surface area contributed by atoms with E-state index in [1.807, 2.05) is 0 Å². The fourth-order valence-electron chi connectivity index (χ4n) is 2.33. The summed E-state index contributed by atoms with van der Waals surface area (Å²) in [4.78, 5) is 14.7. The molecule has 11 heteroatoms. The molecule has 0 bridgehead atoms. The van der Waals surface area contributed by atoms with E-state index in [-0.39, 0.29) is 22.3 Å². The highest BCUT2D eigenvalue weighted by atomic mass is 32.1. The molecular formula is C16H12F3N3O4S.